The Morgan fingerprint density at radius 2 is 1.88 bits per heavy atom. The average Bonchev–Trinajstić information content (AvgIpc) is 2.59. The molecule has 7 heteroatoms. The first-order chi connectivity index (χ1) is 11.6. The van der Waals surface area contributed by atoms with Crippen LogP contribution in [0.2, 0.25) is 5.02 Å². The maximum absolute atomic E-state index is 6.15. The van der Waals surface area contributed by atoms with Crippen LogP contribution in [0.3, 0.4) is 0 Å². The Morgan fingerprint density at radius 3 is 2.58 bits per heavy atom. The number of halogens is 1. The second-order valence-electron chi connectivity index (χ2n) is 5.16. The summed E-state index contributed by atoms with van der Waals surface area (Å²) in [5.74, 6) is 1.93. The van der Waals surface area contributed by atoms with Crippen LogP contribution in [0.25, 0.3) is 10.9 Å². The van der Waals surface area contributed by atoms with E-state index >= 15 is 0 Å². The smallest absolute Gasteiger partial charge is 0.143 e. The van der Waals surface area contributed by atoms with Crippen molar-refractivity contribution >= 4 is 34.0 Å². The van der Waals surface area contributed by atoms with Crippen LogP contribution >= 0.6 is 11.6 Å². The topological polar surface area (TPSA) is 82.3 Å². The van der Waals surface area contributed by atoms with E-state index in [1.165, 1.54) is 6.33 Å². The number of nitrogen functional groups attached to an aromatic ring is 1. The molecule has 0 radical (unpaired) electrons. The Bertz CT molecular complexity index is 886. The minimum absolute atomic E-state index is 0.537. The van der Waals surface area contributed by atoms with E-state index in [9.17, 15) is 0 Å². The lowest BCUT2D eigenvalue weighted by molar-refractivity contribution is 0.415. The van der Waals surface area contributed by atoms with Gasteiger partial charge >= 0.3 is 0 Å². The van der Waals surface area contributed by atoms with Gasteiger partial charge in [0.05, 0.1) is 30.4 Å². The van der Waals surface area contributed by atoms with E-state index in [1.807, 2.05) is 18.2 Å². The third kappa shape index (κ3) is 3.14. The number of rotatable bonds is 5. The van der Waals surface area contributed by atoms with Crippen molar-refractivity contribution in [2.45, 2.75) is 6.54 Å². The molecule has 0 atom stereocenters. The first-order valence-electron chi connectivity index (χ1n) is 7.27. The van der Waals surface area contributed by atoms with Crippen molar-refractivity contribution < 1.29 is 9.47 Å². The van der Waals surface area contributed by atoms with Crippen LogP contribution in [0.4, 0.5) is 11.5 Å². The second kappa shape index (κ2) is 6.80. The van der Waals surface area contributed by atoms with Crippen LogP contribution in [-0.2, 0) is 6.54 Å². The van der Waals surface area contributed by atoms with Gasteiger partial charge < -0.3 is 20.5 Å². The summed E-state index contributed by atoms with van der Waals surface area (Å²) in [5.41, 5.74) is 8.29. The molecule has 1 heterocycles. The maximum Gasteiger partial charge on any atom is 0.143 e. The largest absolute Gasteiger partial charge is 0.495 e. The molecule has 3 N–H and O–H groups in total. The Balaban J connectivity index is 1.87. The fourth-order valence-corrected chi connectivity index (χ4v) is 2.70. The molecule has 0 spiro atoms. The molecule has 0 saturated carbocycles. The van der Waals surface area contributed by atoms with Gasteiger partial charge in [-0.3, -0.25) is 0 Å². The molecular formula is C17H17ClN4O2. The van der Waals surface area contributed by atoms with Crippen molar-refractivity contribution in [2.75, 3.05) is 25.3 Å². The Morgan fingerprint density at radius 1 is 1.08 bits per heavy atom. The average molecular weight is 345 g/mol. The number of fused-ring (bicyclic) bond motifs is 1. The lowest BCUT2D eigenvalue weighted by Crippen LogP contribution is -2.03. The molecule has 0 amide bonds. The highest BCUT2D eigenvalue weighted by molar-refractivity contribution is 6.32. The number of hydrogen-bond acceptors (Lipinski definition) is 6. The number of benzene rings is 2. The predicted octanol–water partition coefficient (Wildman–Crippen LogP) is 3.49. The zero-order chi connectivity index (χ0) is 17.1. The van der Waals surface area contributed by atoms with E-state index in [4.69, 9.17) is 26.8 Å². The minimum atomic E-state index is 0.537. The fraction of sp³-hybridized carbons (Fsp3) is 0.176. The van der Waals surface area contributed by atoms with Crippen LogP contribution in [0.15, 0.2) is 36.7 Å². The number of methoxy groups -OCH3 is 2. The van der Waals surface area contributed by atoms with Gasteiger partial charge in [-0.2, -0.15) is 0 Å². The second-order valence-corrected chi connectivity index (χ2v) is 5.56. The zero-order valence-corrected chi connectivity index (χ0v) is 14.1. The van der Waals surface area contributed by atoms with Crippen molar-refractivity contribution in [2.24, 2.45) is 0 Å². The third-order valence-corrected chi connectivity index (χ3v) is 3.96. The van der Waals surface area contributed by atoms with E-state index in [0.29, 0.717) is 34.6 Å². The van der Waals surface area contributed by atoms with Crippen LogP contribution in [0.5, 0.6) is 11.5 Å². The number of hydrogen-bond donors (Lipinski definition) is 2. The summed E-state index contributed by atoms with van der Waals surface area (Å²) in [7, 11) is 3.16. The Kier molecular flexibility index (Phi) is 4.57. The van der Waals surface area contributed by atoms with Crippen LogP contribution in [0, 0.1) is 0 Å². The van der Waals surface area contributed by atoms with E-state index in [2.05, 4.69) is 15.3 Å². The van der Waals surface area contributed by atoms with Crippen LogP contribution in [-0.4, -0.2) is 24.2 Å². The van der Waals surface area contributed by atoms with E-state index in [1.54, 1.807) is 26.4 Å². The predicted molar refractivity (Wildman–Crippen MR) is 95.8 cm³/mol. The molecule has 0 aliphatic heterocycles. The molecule has 124 valence electrons. The molecule has 0 saturated heterocycles. The number of nitrogens with zero attached hydrogens (tertiary/aromatic N) is 2. The molecule has 2 aromatic carbocycles. The highest BCUT2D eigenvalue weighted by Crippen LogP contribution is 2.30. The standard InChI is InChI=1S/C17H17ClN4O2/c1-23-15-4-3-10(5-12(15)18)8-20-17-11-6-13(19)16(24-2)7-14(11)21-9-22-17/h3-7,9H,8,19H2,1-2H3,(H,20,21,22). The molecule has 0 aliphatic carbocycles. The molecule has 3 rings (SSSR count). The number of nitrogens with one attached hydrogen (secondary N) is 1. The zero-order valence-electron chi connectivity index (χ0n) is 13.3. The van der Waals surface area contributed by atoms with Crippen molar-refractivity contribution in [1.29, 1.82) is 0 Å². The van der Waals surface area contributed by atoms with Gasteiger partial charge in [0.25, 0.3) is 0 Å². The highest BCUT2D eigenvalue weighted by atomic mass is 35.5. The van der Waals surface area contributed by atoms with Crippen molar-refractivity contribution in [3.05, 3.63) is 47.2 Å². The number of ether oxygens (including phenoxy) is 2. The molecule has 1 aromatic heterocycles. The van der Waals surface area contributed by atoms with Crippen LogP contribution in [0.1, 0.15) is 5.56 Å². The molecule has 0 bridgehead atoms. The summed E-state index contributed by atoms with van der Waals surface area (Å²) < 4.78 is 10.4. The molecule has 0 aliphatic rings. The molecule has 0 unspecified atom stereocenters. The van der Waals surface area contributed by atoms with Gasteiger partial charge in [0.15, 0.2) is 0 Å². The summed E-state index contributed by atoms with van der Waals surface area (Å²) in [6.45, 7) is 0.557. The lowest BCUT2D eigenvalue weighted by Gasteiger charge is -2.11. The van der Waals surface area contributed by atoms with Gasteiger partial charge in [0, 0.05) is 18.0 Å². The quantitative estimate of drug-likeness (QED) is 0.689. The lowest BCUT2D eigenvalue weighted by atomic mass is 10.2. The summed E-state index contributed by atoms with van der Waals surface area (Å²) in [6.07, 6.45) is 1.50. The van der Waals surface area contributed by atoms with Gasteiger partial charge in [-0.05, 0) is 23.8 Å². The van der Waals surface area contributed by atoms with Crippen molar-refractivity contribution in [3.63, 3.8) is 0 Å². The van der Waals surface area contributed by atoms with Crippen molar-refractivity contribution in [1.82, 2.24) is 9.97 Å². The number of aromatic nitrogens is 2. The highest BCUT2D eigenvalue weighted by Gasteiger charge is 2.09. The van der Waals surface area contributed by atoms with Gasteiger partial charge in [-0.1, -0.05) is 17.7 Å². The Labute approximate surface area is 144 Å². The summed E-state index contributed by atoms with van der Waals surface area (Å²) in [5, 5.41) is 4.68. The fourth-order valence-electron chi connectivity index (χ4n) is 2.42. The monoisotopic (exact) mass is 344 g/mol. The summed E-state index contributed by atoms with van der Waals surface area (Å²) in [4.78, 5) is 8.56. The normalized spacial score (nSPS) is 10.6. The third-order valence-electron chi connectivity index (χ3n) is 3.66. The van der Waals surface area contributed by atoms with Crippen LogP contribution < -0.4 is 20.5 Å². The van der Waals surface area contributed by atoms with Gasteiger partial charge in [-0.15, -0.1) is 0 Å². The molecular weight excluding hydrogens is 328 g/mol. The molecule has 6 nitrogen and oxygen atoms in total. The first kappa shape index (κ1) is 16.1. The first-order valence-corrected chi connectivity index (χ1v) is 7.64. The number of anilines is 2. The van der Waals surface area contributed by atoms with E-state index in [-0.39, 0.29) is 0 Å². The maximum atomic E-state index is 6.15. The van der Waals surface area contributed by atoms with Crippen molar-refractivity contribution in [3.8, 4) is 11.5 Å². The summed E-state index contributed by atoms with van der Waals surface area (Å²) in [6, 6.07) is 9.23. The number of nitrogens with two attached hydrogens (primary N) is 1. The Hall–Kier alpha value is -2.73. The van der Waals surface area contributed by atoms with Gasteiger partial charge in [-0.25, -0.2) is 9.97 Å². The summed E-state index contributed by atoms with van der Waals surface area (Å²) >= 11 is 6.15. The molecule has 0 fully saturated rings. The SMILES string of the molecule is COc1cc2ncnc(NCc3ccc(OC)c(Cl)c3)c2cc1N. The minimum Gasteiger partial charge on any atom is -0.495 e. The van der Waals surface area contributed by atoms with E-state index < -0.39 is 0 Å². The van der Waals surface area contributed by atoms with Gasteiger partial charge in [0.2, 0.25) is 0 Å². The molecule has 24 heavy (non-hydrogen) atoms. The molecule has 3 aromatic rings. The van der Waals surface area contributed by atoms with E-state index in [0.717, 1.165) is 16.5 Å². The van der Waals surface area contributed by atoms with Gasteiger partial charge in [0.1, 0.15) is 23.6 Å².